The van der Waals surface area contributed by atoms with Gasteiger partial charge in [0.25, 0.3) is 0 Å². The quantitative estimate of drug-likeness (QED) is 0.497. The zero-order chi connectivity index (χ0) is 11.0. The highest BCUT2D eigenvalue weighted by Gasteiger charge is 2.03. The summed E-state index contributed by atoms with van der Waals surface area (Å²) in [7, 11) is 3.99. The molecule has 0 saturated heterocycles. The maximum absolute atomic E-state index is 11.2. The minimum Gasteiger partial charge on any atom is -0.461 e. The van der Waals surface area contributed by atoms with Crippen LogP contribution in [0.1, 0.15) is 13.3 Å². The third-order valence-corrected chi connectivity index (χ3v) is 1.70. The third kappa shape index (κ3) is 6.62. The van der Waals surface area contributed by atoms with Crippen LogP contribution in [0.15, 0.2) is 11.6 Å². The largest absolute Gasteiger partial charge is 0.461 e. The molecule has 0 aromatic carbocycles. The first-order valence-electron chi connectivity index (χ1n) is 4.76. The molecule has 0 bridgehead atoms. The van der Waals surface area contributed by atoms with Gasteiger partial charge in [0, 0.05) is 18.7 Å². The summed E-state index contributed by atoms with van der Waals surface area (Å²) in [5.41, 5.74) is 5.87. The molecule has 0 rings (SSSR count). The molecule has 4 nitrogen and oxygen atoms in total. The Hall–Kier alpha value is -0.870. The summed E-state index contributed by atoms with van der Waals surface area (Å²) >= 11 is 0. The Morgan fingerprint density at radius 1 is 1.50 bits per heavy atom. The molecule has 0 aliphatic heterocycles. The molecule has 0 aromatic rings. The zero-order valence-electron chi connectivity index (χ0n) is 9.25. The molecule has 0 spiro atoms. The van der Waals surface area contributed by atoms with E-state index in [4.69, 9.17) is 10.5 Å². The highest BCUT2D eigenvalue weighted by molar-refractivity contribution is 5.87. The van der Waals surface area contributed by atoms with Crippen molar-refractivity contribution >= 4 is 5.97 Å². The van der Waals surface area contributed by atoms with Crippen LogP contribution in [0.4, 0.5) is 0 Å². The maximum Gasteiger partial charge on any atom is 0.333 e. The number of esters is 1. The Balaban J connectivity index is 3.79. The topological polar surface area (TPSA) is 55.6 Å². The Kier molecular flexibility index (Phi) is 7.06. The fourth-order valence-electron chi connectivity index (χ4n) is 0.888. The van der Waals surface area contributed by atoms with E-state index in [9.17, 15) is 4.79 Å². The standard InChI is InChI=1S/C10H20N2O2/c1-9(5-4-7-12(2)3)10(13)14-8-6-11/h5H,4,6-8,11H2,1-3H3. The van der Waals surface area contributed by atoms with Gasteiger partial charge < -0.3 is 15.4 Å². The monoisotopic (exact) mass is 200 g/mol. The summed E-state index contributed by atoms with van der Waals surface area (Å²) in [5.74, 6) is -0.269. The van der Waals surface area contributed by atoms with Crippen molar-refractivity contribution < 1.29 is 9.53 Å². The van der Waals surface area contributed by atoms with Crippen molar-refractivity contribution in [3.05, 3.63) is 11.6 Å². The molecule has 0 amide bonds. The number of ether oxygens (including phenoxy) is 1. The average Bonchev–Trinajstić information content (AvgIpc) is 2.13. The lowest BCUT2D eigenvalue weighted by molar-refractivity contribution is -0.138. The smallest absolute Gasteiger partial charge is 0.333 e. The van der Waals surface area contributed by atoms with Crippen LogP contribution in [0, 0.1) is 0 Å². The van der Waals surface area contributed by atoms with Gasteiger partial charge in [0.15, 0.2) is 0 Å². The second-order valence-corrected chi connectivity index (χ2v) is 3.40. The van der Waals surface area contributed by atoms with E-state index < -0.39 is 0 Å². The Morgan fingerprint density at radius 3 is 2.64 bits per heavy atom. The van der Waals surface area contributed by atoms with Crippen molar-refractivity contribution in [3.8, 4) is 0 Å². The van der Waals surface area contributed by atoms with E-state index in [1.54, 1.807) is 6.92 Å². The average molecular weight is 200 g/mol. The molecule has 82 valence electrons. The Labute approximate surface area is 85.7 Å². The summed E-state index contributed by atoms with van der Waals surface area (Å²) in [6.45, 7) is 3.35. The van der Waals surface area contributed by atoms with Gasteiger partial charge in [0.05, 0.1) is 0 Å². The molecule has 0 saturated carbocycles. The van der Waals surface area contributed by atoms with Gasteiger partial charge in [-0.05, 0) is 27.4 Å². The fraction of sp³-hybridized carbons (Fsp3) is 0.700. The number of hydrogen-bond acceptors (Lipinski definition) is 4. The first kappa shape index (κ1) is 13.1. The first-order valence-corrected chi connectivity index (χ1v) is 4.76. The summed E-state index contributed by atoms with van der Waals surface area (Å²) < 4.78 is 4.86. The lowest BCUT2D eigenvalue weighted by atomic mass is 10.2. The van der Waals surface area contributed by atoms with Crippen LogP contribution < -0.4 is 5.73 Å². The van der Waals surface area contributed by atoms with E-state index in [0.29, 0.717) is 12.1 Å². The van der Waals surface area contributed by atoms with Gasteiger partial charge in [-0.3, -0.25) is 0 Å². The van der Waals surface area contributed by atoms with Crippen molar-refractivity contribution in [1.29, 1.82) is 0 Å². The van der Waals surface area contributed by atoms with Crippen molar-refractivity contribution in [3.63, 3.8) is 0 Å². The fourth-order valence-corrected chi connectivity index (χ4v) is 0.888. The third-order valence-electron chi connectivity index (χ3n) is 1.70. The lowest BCUT2D eigenvalue weighted by Crippen LogP contribution is -2.15. The molecule has 0 aliphatic carbocycles. The molecule has 0 atom stereocenters. The number of nitrogens with zero attached hydrogens (tertiary/aromatic N) is 1. The molecule has 0 fully saturated rings. The minimum atomic E-state index is -0.269. The van der Waals surface area contributed by atoms with E-state index in [-0.39, 0.29) is 12.6 Å². The second kappa shape index (κ2) is 7.53. The number of carbonyl (C=O) groups is 1. The van der Waals surface area contributed by atoms with Crippen molar-refractivity contribution in [1.82, 2.24) is 4.90 Å². The predicted octanol–water partition coefficient (Wildman–Crippen LogP) is 0.386. The van der Waals surface area contributed by atoms with Crippen LogP contribution >= 0.6 is 0 Å². The van der Waals surface area contributed by atoms with E-state index in [2.05, 4.69) is 4.90 Å². The van der Waals surface area contributed by atoms with Gasteiger partial charge >= 0.3 is 5.97 Å². The number of rotatable bonds is 6. The summed E-state index contributed by atoms with van der Waals surface area (Å²) in [4.78, 5) is 13.3. The Bertz CT molecular complexity index is 200. The van der Waals surface area contributed by atoms with Gasteiger partial charge in [-0.15, -0.1) is 0 Å². The van der Waals surface area contributed by atoms with Crippen LogP contribution in [0.25, 0.3) is 0 Å². The van der Waals surface area contributed by atoms with Crippen LogP contribution in [0.5, 0.6) is 0 Å². The van der Waals surface area contributed by atoms with E-state index in [1.165, 1.54) is 0 Å². The van der Waals surface area contributed by atoms with Crippen molar-refractivity contribution in [2.24, 2.45) is 5.73 Å². The van der Waals surface area contributed by atoms with E-state index in [0.717, 1.165) is 13.0 Å². The SMILES string of the molecule is CC(=CCCN(C)C)C(=O)OCCN. The van der Waals surface area contributed by atoms with Gasteiger partial charge in [0.2, 0.25) is 0 Å². The minimum absolute atomic E-state index is 0.269. The van der Waals surface area contributed by atoms with Crippen LogP contribution in [-0.2, 0) is 9.53 Å². The summed E-state index contributed by atoms with van der Waals surface area (Å²) in [6.07, 6.45) is 2.75. The zero-order valence-corrected chi connectivity index (χ0v) is 9.25. The van der Waals surface area contributed by atoms with Crippen molar-refractivity contribution in [2.45, 2.75) is 13.3 Å². The number of hydrogen-bond donors (Lipinski definition) is 1. The number of nitrogens with two attached hydrogens (primary N) is 1. The predicted molar refractivity (Wildman–Crippen MR) is 56.9 cm³/mol. The molecule has 4 heteroatoms. The normalized spacial score (nSPS) is 11.9. The number of carbonyl (C=O) groups excluding carboxylic acids is 1. The van der Waals surface area contributed by atoms with Crippen LogP contribution in [0.3, 0.4) is 0 Å². The molecule has 0 radical (unpaired) electrons. The van der Waals surface area contributed by atoms with Crippen molar-refractivity contribution in [2.75, 3.05) is 33.8 Å². The van der Waals surface area contributed by atoms with Crippen LogP contribution in [-0.4, -0.2) is 44.7 Å². The maximum atomic E-state index is 11.2. The first-order chi connectivity index (χ1) is 6.57. The molecule has 0 unspecified atom stereocenters. The molecule has 0 heterocycles. The Morgan fingerprint density at radius 2 is 2.14 bits per heavy atom. The summed E-state index contributed by atoms with van der Waals surface area (Å²) in [5, 5.41) is 0. The molecular weight excluding hydrogens is 180 g/mol. The summed E-state index contributed by atoms with van der Waals surface area (Å²) in [6, 6.07) is 0. The highest BCUT2D eigenvalue weighted by atomic mass is 16.5. The molecule has 2 N–H and O–H groups in total. The molecule has 14 heavy (non-hydrogen) atoms. The van der Waals surface area contributed by atoms with Crippen LogP contribution in [0.2, 0.25) is 0 Å². The lowest BCUT2D eigenvalue weighted by Gasteiger charge is -2.07. The van der Waals surface area contributed by atoms with Gasteiger partial charge in [-0.2, -0.15) is 0 Å². The van der Waals surface area contributed by atoms with Gasteiger partial charge in [-0.25, -0.2) is 4.79 Å². The molecule has 0 aliphatic rings. The molecule has 0 aromatic heterocycles. The second-order valence-electron chi connectivity index (χ2n) is 3.40. The van der Waals surface area contributed by atoms with E-state index >= 15 is 0 Å². The van der Waals surface area contributed by atoms with Gasteiger partial charge in [0.1, 0.15) is 6.61 Å². The van der Waals surface area contributed by atoms with E-state index in [1.807, 2.05) is 20.2 Å². The van der Waals surface area contributed by atoms with Gasteiger partial charge in [-0.1, -0.05) is 6.08 Å². The highest BCUT2D eigenvalue weighted by Crippen LogP contribution is 1.99. The molecular formula is C10H20N2O2.